The molecule has 25 heavy (non-hydrogen) atoms. The molecule has 1 N–H and O–H groups in total. The van der Waals surface area contributed by atoms with Crippen LogP contribution in [0.1, 0.15) is 0 Å². The Hall–Kier alpha value is -3.01. The summed E-state index contributed by atoms with van der Waals surface area (Å²) in [6.07, 6.45) is 2.26. The van der Waals surface area contributed by atoms with E-state index in [1.54, 1.807) is 0 Å². The Bertz CT molecular complexity index is 877. The second kappa shape index (κ2) is 6.85. The first-order chi connectivity index (χ1) is 11.7. The van der Waals surface area contributed by atoms with Gasteiger partial charge in [0, 0.05) is 12.8 Å². The maximum absolute atomic E-state index is 12.1. The van der Waals surface area contributed by atoms with E-state index < -0.39 is 40.1 Å². The number of nitrogens with one attached hydrogen (secondary N) is 1. The van der Waals surface area contributed by atoms with Gasteiger partial charge < -0.3 is 5.32 Å². The minimum atomic E-state index is -3.59. The van der Waals surface area contributed by atoms with Gasteiger partial charge in [0.1, 0.15) is 6.54 Å². The van der Waals surface area contributed by atoms with Crippen LogP contribution >= 0.6 is 0 Å². The van der Waals surface area contributed by atoms with Crippen molar-refractivity contribution in [2.24, 2.45) is 0 Å². The van der Waals surface area contributed by atoms with Gasteiger partial charge in [-0.3, -0.25) is 19.3 Å². The monoisotopic (exact) mass is 365 g/mol. The molecule has 5 amide bonds. The minimum absolute atomic E-state index is 0.0170. The van der Waals surface area contributed by atoms with Crippen LogP contribution in [-0.2, 0) is 24.2 Å². The highest BCUT2D eigenvalue weighted by Gasteiger charge is 2.44. The van der Waals surface area contributed by atoms with Gasteiger partial charge >= 0.3 is 17.8 Å². The third-order valence-electron chi connectivity index (χ3n) is 3.31. The Balaban J connectivity index is 2.17. The lowest BCUT2D eigenvalue weighted by molar-refractivity contribution is -0.143. The second-order valence-electron chi connectivity index (χ2n) is 5.19. The maximum atomic E-state index is 12.1. The first kappa shape index (κ1) is 18.3. The number of nitrogens with zero attached hydrogens (tertiary/aromatic N) is 2. The predicted molar refractivity (Wildman–Crippen MR) is 87.2 cm³/mol. The van der Waals surface area contributed by atoms with Crippen LogP contribution in [0.2, 0.25) is 0 Å². The predicted octanol–water partition coefficient (Wildman–Crippen LogP) is 0.00540. The van der Waals surface area contributed by atoms with Crippen molar-refractivity contribution < 1.29 is 27.6 Å². The van der Waals surface area contributed by atoms with E-state index in [0.29, 0.717) is 9.80 Å². The molecular weight excluding hydrogens is 350 g/mol. The Morgan fingerprint density at radius 1 is 1.16 bits per heavy atom. The van der Waals surface area contributed by atoms with E-state index >= 15 is 0 Å². The van der Waals surface area contributed by atoms with Crippen LogP contribution in [0.3, 0.4) is 0 Å². The SMILES string of the molecule is C=CCN1C(=O)C(=O)N(CC(=O)Nc2ccccc2S(C)(=O)=O)C1=O. The molecular formula is C15H15N3O6S. The van der Waals surface area contributed by atoms with Gasteiger partial charge in [0.25, 0.3) is 0 Å². The molecule has 1 fully saturated rings. The van der Waals surface area contributed by atoms with Crippen molar-refractivity contribution in [3.63, 3.8) is 0 Å². The fourth-order valence-electron chi connectivity index (χ4n) is 2.21. The highest BCUT2D eigenvalue weighted by molar-refractivity contribution is 7.90. The summed E-state index contributed by atoms with van der Waals surface area (Å²) in [7, 11) is -3.59. The fraction of sp³-hybridized carbons (Fsp3) is 0.200. The molecule has 132 valence electrons. The number of para-hydroxylation sites is 1. The quantitative estimate of drug-likeness (QED) is 0.430. The third kappa shape index (κ3) is 3.74. The maximum Gasteiger partial charge on any atom is 0.335 e. The number of rotatable bonds is 6. The second-order valence-corrected chi connectivity index (χ2v) is 7.18. The van der Waals surface area contributed by atoms with Gasteiger partial charge in [-0.15, -0.1) is 6.58 Å². The molecule has 0 unspecified atom stereocenters. The number of imide groups is 2. The standard InChI is InChI=1S/C15H15N3O6S/c1-3-8-17-13(20)14(21)18(15(17)22)9-12(19)16-10-6-4-5-7-11(10)25(2,23)24/h3-7H,1,8-9H2,2H3,(H,16,19). The van der Waals surface area contributed by atoms with Gasteiger partial charge in [-0.05, 0) is 12.1 Å². The zero-order valence-corrected chi connectivity index (χ0v) is 14.1. The molecule has 0 bridgehead atoms. The Morgan fingerprint density at radius 2 is 1.76 bits per heavy atom. The van der Waals surface area contributed by atoms with Crippen LogP contribution in [0.25, 0.3) is 0 Å². The lowest BCUT2D eigenvalue weighted by atomic mass is 10.3. The Kier molecular flexibility index (Phi) is 5.02. The number of hydrogen-bond acceptors (Lipinski definition) is 6. The largest absolute Gasteiger partial charge is 0.335 e. The van der Waals surface area contributed by atoms with Crippen LogP contribution in [0.15, 0.2) is 41.8 Å². The molecule has 0 atom stereocenters. The number of hydrogen-bond donors (Lipinski definition) is 1. The van der Waals surface area contributed by atoms with E-state index in [4.69, 9.17) is 0 Å². The number of benzene rings is 1. The summed E-state index contributed by atoms with van der Waals surface area (Å²) in [4.78, 5) is 48.7. The number of urea groups is 1. The fourth-order valence-corrected chi connectivity index (χ4v) is 3.05. The van der Waals surface area contributed by atoms with Crippen molar-refractivity contribution in [1.29, 1.82) is 0 Å². The average Bonchev–Trinajstić information content (AvgIpc) is 2.72. The summed E-state index contributed by atoms with van der Waals surface area (Å²) in [5.41, 5.74) is 0.0170. The summed E-state index contributed by atoms with van der Waals surface area (Å²) < 4.78 is 23.4. The first-order valence-corrected chi connectivity index (χ1v) is 8.93. The minimum Gasteiger partial charge on any atom is -0.323 e. The normalized spacial score (nSPS) is 14.8. The number of anilines is 1. The summed E-state index contributed by atoms with van der Waals surface area (Å²) in [6.45, 7) is 2.51. The van der Waals surface area contributed by atoms with Crippen molar-refractivity contribution in [1.82, 2.24) is 9.80 Å². The molecule has 1 aromatic carbocycles. The number of carbonyl (C=O) groups excluding carboxylic acids is 4. The van der Waals surface area contributed by atoms with Gasteiger partial charge in [0.05, 0.1) is 10.6 Å². The molecule has 0 aromatic heterocycles. The van der Waals surface area contributed by atoms with E-state index in [9.17, 15) is 27.6 Å². The van der Waals surface area contributed by atoms with Crippen LogP contribution in [0.4, 0.5) is 10.5 Å². The molecule has 0 saturated carbocycles. The molecule has 1 aliphatic heterocycles. The topological polar surface area (TPSA) is 121 Å². The van der Waals surface area contributed by atoms with Gasteiger partial charge in [-0.1, -0.05) is 18.2 Å². The van der Waals surface area contributed by atoms with Gasteiger partial charge in [-0.2, -0.15) is 0 Å². The summed E-state index contributed by atoms with van der Waals surface area (Å²) in [6, 6.07) is 4.77. The highest BCUT2D eigenvalue weighted by Crippen LogP contribution is 2.21. The molecule has 0 spiro atoms. The lowest BCUT2D eigenvalue weighted by Gasteiger charge is -2.15. The van der Waals surface area contributed by atoms with Crippen molar-refractivity contribution in [3.8, 4) is 0 Å². The molecule has 1 heterocycles. The van der Waals surface area contributed by atoms with E-state index in [1.165, 1.54) is 30.3 Å². The highest BCUT2D eigenvalue weighted by atomic mass is 32.2. The molecule has 1 aromatic rings. The van der Waals surface area contributed by atoms with Crippen molar-refractivity contribution in [2.75, 3.05) is 24.7 Å². The number of sulfone groups is 1. The molecule has 0 aliphatic carbocycles. The summed E-state index contributed by atoms with van der Waals surface area (Å²) in [5, 5.41) is 2.33. The molecule has 1 aliphatic rings. The lowest BCUT2D eigenvalue weighted by Crippen LogP contribution is -2.39. The zero-order valence-electron chi connectivity index (χ0n) is 13.3. The van der Waals surface area contributed by atoms with Crippen LogP contribution in [0, 0.1) is 0 Å². The average molecular weight is 365 g/mol. The van der Waals surface area contributed by atoms with Crippen molar-refractivity contribution in [2.45, 2.75) is 4.90 Å². The van der Waals surface area contributed by atoms with E-state index in [1.807, 2.05) is 0 Å². The summed E-state index contributed by atoms with van der Waals surface area (Å²) >= 11 is 0. The molecule has 0 radical (unpaired) electrons. The van der Waals surface area contributed by atoms with Gasteiger partial charge in [-0.25, -0.2) is 18.1 Å². The number of carbonyl (C=O) groups is 4. The van der Waals surface area contributed by atoms with Gasteiger partial charge in [0.2, 0.25) is 5.91 Å². The molecule has 1 saturated heterocycles. The van der Waals surface area contributed by atoms with E-state index in [2.05, 4.69) is 11.9 Å². The smallest absolute Gasteiger partial charge is 0.323 e. The Morgan fingerprint density at radius 3 is 2.36 bits per heavy atom. The van der Waals surface area contributed by atoms with E-state index in [0.717, 1.165) is 6.26 Å². The summed E-state index contributed by atoms with van der Waals surface area (Å²) in [5.74, 6) is -2.99. The van der Waals surface area contributed by atoms with Crippen LogP contribution < -0.4 is 5.32 Å². The van der Waals surface area contributed by atoms with Crippen molar-refractivity contribution >= 4 is 39.3 Å². The first-order valence-electron chi connectivity index (χ1n) is 7.04. The molecule has 9 nitrogen and oxygen atoms in total. The Labute approximate surface area is 143 Å². The number of amides is 5. The van der Waals surface area contributed by atoms with Crippen LogP contribution in [-0.4, -0.2) is 61.3 Å². The van der Waals surface area contributed by atoms with E-state index in [-0.39, 0.29) is 17.1 Å². The van der Waals surface area contributed by atoms with Crippen LogP contribution in [0.5, 0.6) is 0 Å². The van der Waals surface area contributed by atoms with Crippen molar-refractivity contribution in [3.05, 3.63) is 36.9 Å². The third-order valence-corrected chi connectivity index (χ3v) is 4.46. The zero-order chi connectivity index (χ0) is 18.8. The molecule has 2 rings (SSSR count). The molecule has 10 heteroatoms. The van der Waals surface area contributed by atoms with Gasteiger partial charge in [0.15, 0.2) is 9.84 Å².